The summed E-state index contributed by atoms with van der Waals surface area (Å²) < 4.78 is 10.5. The number of anilines is 1. The average Bonchev–Trinajstić information content (AvgIpc) is 3.21. The van der Waals surface area contributed by atoms with E-state index in [0.717, 1.165) is 25.9 Å². The van der Waals surface area contributed by atoms with Crippen molar-refractivity contribution < 1.29 is 19.1 Å². The summed E-state index contributed by atoms with van der Waals surface area (Å²) in [5, 5.41) is 2.82. The molecule has 2 aromatic rings. The average molecular weight is 354 g/mol. The lowest BCUT2D eigenvalue weighted by molar-refractivity contribution is 0.0792. The summed E-state index contributed by atoms with van der Waals surface area (Å²) in [5.74, 6) is 0.482. The lowest BCUT2D eigenvalue weighted by atomic mass is 10.1. The molecule has 0 spiro atoms. The van der Waals surface area contributed by atoms with Gasteiger partial charge in [-0.05, 0) is 43.2 Å². The van der Waals surface area contributed by atoms with Crippen molar-refractivity contribution in [2.75, 3.05) is 32.6 Å². The molecule has 0 saturated carbocycles. The number of ether oxygens (including phenoxy) is 2. The van der Waals surface area contributed by atoms with Crippen molar-refractivity contribution in [2.24, 2.45) is 0 Å². The Labute approximate surface area is 152 Å². The molecular weight excluding hydrogens is 332 g/mol. The Morgan fingerprint density at radius 3 is 2.19 bits per heavy atom. The number of nitrogens with one attached hydrogen (secondary N) is 1. The van der Waals surface area contributed by atoms with Crippen molar-refractivity contribution in [2.45, 2.75) is 12.8 Å². The molecule has 1 heterocycles. The van der Waals surface area contributed by atoms with Crippen LogP contribution in [-0.4, -0.2) is 44.0 Å². The molecule has 1 N–H and O–H groups in total. The normalized spacial score (nSPS) is 13.4. The van der Waals surface area contributed by atoms with Crippen molar-refractivity contribution in [1.29, 1.82) is 0 Å². The maximum atomic E-state index is 12.7. The van der Waals surface area contributed by atoms with E-state index >= 15 is 0 Å². The van der Waals surface area contributed by atoms with E-state index in [-0.39, 0.29) is 11.8 Å². The van der Waals surface area contributed by atoms with Crippen molar-refractivity contribution in [3.05, 3.63) is 53.6 Å². The first-order chi connectivity index (χ1) is 12.6. The van der Waals surface area contributed by atoms with Crippen molar-refractivity contribution in [3.63, 3.8) is 0 Å². The van der Waals surface area contributed by atoms with Gasteiger partial charge in [-0.25, -0.2) is 0 Å². The molecule has 1 aliphatic heterocycles. The molecule has 0 bridgehead atoms. The summed E-state index contributed by atoms with van der Waals surface area (Å²) in [4.78, 5) is 27.1. The molecule has 0 radical (unpaired) electrons. The Balaban J connectivity index is 1.82. The largest absolute Gasteiger partial charge is 0.496 e. The van der Waals surface area contributed by atoms with Crippen molar-refractivity contribution in [1.82, 2.24) is 4.90 Å². The van der Waals surface area contributed by atoms with Crippen LogP contribution in [0.15, 0.2) is 42.5 Å². The van der Waals surface area contributed by atoms with Gasteiger partial charge in [0, 0.05) is 24.3 Å². The maximum absolute atomic E-state index is 12.7. The number of amides is 2. The second-order valence-electron chi connectivity index (χ2n) is 6.07. The topological polar surface area (TPSA) is 67.9 Å². The lowest BCUT2D eigenvalue weighted by Gasteiger charge is -2.16. The van der Waals surface area contributed by atoms with Crippen molar-refractivity contribution in [3.8, 4) is 11.5 Å². The van der Waals surface area contributed by atoms with E-state index in [9.17, 15) is 9.59 Å². The van der Waals surface area contributed by atoms with Crippen LogP contribution >= 0.6 is 0 Å². The van der Waals surface area contributed by atoms with E-state index in [1.165, 1.54) is 14.2 Å². The van der Waals surface area contributed by atoms with E-state index in [0.29, 0.717) is 28.3 Å². The Morgan fingerprint density at radius 2 is 1.58 bits per heavy atom. The molecular formula is C20H22N2O4. The zero-order valence-electron chi connectivity index (χ0n) is 15.0. The van der Waals surface area contributed by atoms with Gasteiger partial charge in [-0.3, -0.25) is 9.59 Å². The SMILES string of the molecule is COc1cccc(OC)c1C(=O)Nc1cccc(C(=O)N2CCCC2)c1. The first kappa shape index (κ1) is 17.8. The third kappa shape index (κ3) is 3.64. The van der Waals surface area contributed by atoms with E-state index in [4.69, 9.17) is 9.47 Å². The molecule has 2 aromatic carbocycles. The summed E-state index contributed by atoms with van der Waals surface area (Å²) in [6.45, 7) is 1.57. The minimum absolute atomic E-state index is 0.00605. The van der Waals surface area contributed by atoms with Crippen LogP contribution < -0.4 is 14.8 Å². The molecule has 0 unspecified atom stereocenters. The highest BCUT2D eigenvalue weighted by atomic mass is 16.5. The second kappa shape index (κ2) is 7.91. The van der Waals surface area contributed by atoms with Crippen LogP contribution in [0.5, 0.6) is 11.5 Å². The number of methoxy groups -OCH3 is 2. The van der Waals surface area contributed by atoms with Crippen molar-refractivity contribution >= 4 is 17.5 Å². The van der Waals surface area contributed by atoms with Crippen LogP contribution in [0.25, 0.3) is 0 Å². The van der Waals surface area contributed by atoms with Gasteiger partial charge < -0.3 is 19.7 Å². The van der Waals surface area contributed by atoms with Gasteiger partial charge in [-0.2, -0.15) is 0 Å². The molecule has 3 rings (SSSR count). The van der Waals surface area contributed by atoms with E-state index in [1.807, 2.05) is 4.90 Å². The monoisotopic (exact) mass is 354 g/mol. The van der Waals surface area contributed by atoms with E-state index < -0.39 is 0 Å². The molecule has 26 heavy (non-hydrogen) atoms. The predicted octanol–water partition coefficient (Wildman–Crippen LogP) is 3.19. The number of carbonyl (C=O) groups excluding carboxylic acids is 2. The highest BCUT2D eigenvalue weighted by Crippen LogP contribution is 2.29. The summed E-state index contributed by atoms with van der Waals surface area (Å²) in [6, 6.07) is 12.1. The van der Waals surface area contributed by atoms with Gasteiger partial charge in [0.25, 0.3) is 11.8 Å². The fourth-order valence-corrected chi connectivity index (χ4v) is 3.10. The van der Waals surface area contributed by atoms with Crippen LogP contribution in [0.3, 0.4) is 0 Å². The number of hydrogen-bond donors (Lipinski definition) is 1. The Hall–Kier alpha value is -3.02. The van der Waals surface area contributed by atoms with Gasteiger partial charge in [0.2, 0.25) is 0 Å². The molecule has 0 atom stereocenters. The molecule has 2 amide bonds. The smallest absolute Gasteiger partial charge is 0.263 e. The molecule has 6 nitrogen and oxygen atoms in total. The third-order valence-electron chi connectivity index (χ3n) is 4.42. The van der Waals surface area contributed by atoms with Crippen LogP contribution in [0.1, 0.15) is 33.6 Å². The minimum Gasteiger partial charge on any atom is -0.496 e. The van der Waals surface area contributed by atoms with Crippen LogP contribution in [0.2, 0.25) is 0 Å². The van der Waals surface area contributed by atoms with Gasteiger partial charge in [0.1, 0.15) is 17.1 Å². The fraction of sp³-hybridized carbons (Fsp3) is 0.300. The Morgan fingerprint density at radius 1 is 0.962 bits per heavy atom. The standard InChI is InChI=1S/C20H22N2O4/c1-25-16-9-6-10-17(26-2)18(16)19(23)21-15-8-5-7-14(13-15)20(24)22-11-3-4-12-22/h5-10,13H,3-4,11-12H2,1-2H3,(H,21,23). The molecule has 1 aliphatic rings. The lowest BCUT2D eigenvalue weighted by Crippen LogP contribution is -2.27. The molecule has 136 valence electrons. The molecule has 1 fully saturated rings. The third-order valence-corrected chi connectivity index (χ3v) is 4.42. The quantitative estimate of drug-likeness (QED) is 0.895. The number of nitrogens with zero attached hydrogens (tertiary/aromatic N) is 1. The number of hydrogen-bond acceptors (Lipinski definition) is 4. The summed E-state index contributed by atoms with van der Waals surface area (Å²) >= 11 is 0. The first-order valence-corrected chi connectivity index (χ1v) is 8.55. The molecule has 1 saturated heterocycles. The van der Waals surface area contributed by atoms with Gasteiger partial charge >= 0.3 is 0 Å². The van der Waals surface area contributed by atoms with Gasteiger partial charge in [-0.1, -0.05) is 12.1 Å². The minimum atomic E-state index is -0.356. The first-order valence-electron chi connectivity index (χ1n) is 8.55. The van der Waals surface area contributed by atoms with Crippen LogP contribution in [-0.2, 0) is 0 Å². The number of rotatable bonds is 5. The van der Waals surface area contributed by atoms with Crippen LogP contribution in [0.4, 0.5) is 5.69 Å². The van der Waals surface area contributed by atoms with Gasteiger partial charge in [0.05, 0.1) is 14.2 Å². The predicted molar refractivity (Wildman–Crippen MR) is 99.1 cm³/mol. The number of likely N-dealkylation sites (tertiary alicyclic amines) is 1. The van der Waals surface area contributed by atoms with Crippen LogP contribution in [0, 0.1) is 0 Å². The summed E-state index contributed by atoms with van der Waals surface area (Å²) in [6.07, 6.45) is 2.07. The summed E-state index contributed by atoms with van der Waals surface area (Å²) in [5.41, 5.74) is 1.43. The van der Waals surface area contributed by atoms with E-state index in [2.05, 4.69) is 5.32 Å². The fourth-order valence-electron chi connectivity index (χ4n) is 3.10. The van der Waals surface area contributed by atoms with E-state index in [1.54, 1.807) is 42.5 Å². The number of carbonyl (C=O) groups is 2. The highest BCUT2D eigenvalue weighted by Gasteiger charge is 2.21. The highest BCUT2D eigenvalue weighted by molar-refractivity contribution is 6.08. The molecule has 6 heteroatoms. The summed E-state index contributed by atoms with van der Waals surface area (Å²) in [7, 11) is 3.00. The maximum Gasteiger partial charge on any atom is 0.263 e. The zero-order chi connectivity index (χ0) is 18.5. The van der Waals surface area contributed by atoms with Gasteiger partial charge in [0.15, 0.2) is 0 Å². The number of benzene rings is 2. The molecule has 0 aromatic heterocycles. The second-order valence-corrected chi connectivity index (χ2v) is 6.07. The zero-order valence-corrected chi connectivity index (χ0v) is 15.0. The Kier molecular flexibility index (Phi) is 5.41. The Bertz CT molecular complexity index is 791. The van der Waals surface area contributed by atoms with Gasteiger partial charge in [-0.15, -0.1) is 0 Å². The molecule has 0 aliphatic carbocycles.